The average Bonchev–Trinajstić information content (AvgIpc) is 0.751. The Morgan fingerprint density at radius 3 is 1.18 bits per heavy atom. The smallest absolute Gasteiger partial charge is 0.345 e. The molecule has 0 saturated heterocycles. The third kappa shape index (κ3) is 17.5. The minimum absolute atomic E-state index is 0.109. The maximum absolute atomic E-state index is 14.3. The zero-order valence-corrected chi connectivity index (χ0v) is 56.2. The van der Waals surface area contributed by atoms with E-state index >= 15 is 0 Å². The van der Waals surface area contributed by atoms with Gasteiger partial charge >= 0.3 is 23.9 Å². The fourth-order valence-electron chi connectivity index (χ4n) is 11.9. The first-order chi connectivity index (χ1) is 46.4. The molecule has 0 bridgehead atoms. The number of ether oxygens (including phenoxy) is 3. The normalized spacial score (nSPS) is 11.8. The molecule has 9 aromatic carbocycles. The second-order valence-corrected chi connectivity index (χ2v) is 27.1. The highest BCUT2D eigenvalue weighted by Crippen LogP contribution is 2.34. The number of esters is 3. The van der Waals surface area contributed by atoms with E-state index in [0.29, 0.717) is 97.9 Å². The summed E-state index contributed by atoms with van der Waals surface area (Å²) >= 11 is 0. The zero-order chi connectivity index (χ0) is 69.1. The van der Waals surface area contributed by atoms with E-state index in [4.69, 9.17) is 14.2 Å². The molecule has 97 heavy (non-hydrogen) atoms. The number of unbranched alkanes of at least 4 members (excludes halogenated alkanes) is 2. The second kappa shape index (κ2) is 30.5. The molecule has 2 aromatic heterocycles. The average molecular weight is 1340 g/mol. The number of para-hydroxylation sites is 2. The van der Waals surface area contributed by atoms with Crippen molar-refractivity contribution in [2.45, 2.75) is 86.9 Å². The number of carbonyl (C=O) groups excluding carboxylic acids is 3. The third-order valence-electron chi connectivity index (χ3n) is 16.6. The van der Waals surface area contributed by atoms with Gasteiger partial charge in [-0.15, -0.1) is 0 Å². The third-order valence-corrected chi connectivity index (χ3v) is 18.2. The number of benzene rings is 9. The van der Waals surface area contributed by atoms with Crippen LogP contribution in [0, 0.1) is 41.5 Å². The Labute approximate surface area is 563 Å². The molecule has 0 unspecified atom stereocenters. The zero-order valence-electron chi connectivity index (χ0n) is 54.5. The lowest BCUT2D eigenvalue weighted by Gasteiger charge is -2.15. The number of carboxylic acid groups (broad SMARTS) is 1. The number of aromatic carboxylic acids is 1. The molecule has 0 atom stereocenters. The van der Waals surface area contributed by atoms with Crippen molar-refractivity contribution >= 4 is 112 Å². The van der Waals surface area contributed by atoms with E-state index in [-0.39, 0.29) is 25.0 Å². The predicted molar refractivity (Wildman–Crippen MR) is 375 cm³/mol. The Morgan fingerprint density at radius 2 is 0.773 bits per heavy atom. The van der Waals surface area contributed by atoms with Crippen molar-refractivity contribution in [3.8, 4) is 11.5 Å². The van der Waals surface area contributed by atoms with Gasteiger partial charge in [-0.05, 0) is 153 Å². The number of rotatable bonds is 22. The number of aryl methyl sites for hydroxylation is 8. The molecule has 16 nitrogen and oxygen atoms in total. The largest absolute Gasteiger partial charge is 0.748 e. The van der Waals surface area contributed by atoms with Crippen molar-refractivity contribution < 1.29 is 73.6 Å². The van der Waals surface area contributed by atoms with Gasteiger partial charge < -0.3 is 28.4 Å². The highest BCUT2D eigenvalue weighted by Gasteiger charge is 2.29. The highest BCUT2D eigenvalue weighted by atomic mass is 32.2. The minimum Gasteiger partial charge on any atom is -0.748 e. The van der Waals surface area contributed by atoms with Gasteiger partial charge in [0.15, 0.2) is 0 Å². The summed E-state index contributed by atoms with van der Waals surface area (Å²) in [7, 11) is -8.67. The van der Waals surface area contributed by atoms with Crippen LogP contribution in [0.25, 0.3) is 67.9 Å². The quantitative estimate of drug-likeness (QED) is 0.0126. The van der Waals surface area contributed by atoms with Crippen molar-refractivity contribution in [3.63, 3.8) is 0 Å². The van der Waals surface area contributed by atoms with Gasteiger partial charge in [-0.1, -0.05) is 151 Å². The lowest BCUT2D eigenvalue weighted by atomic mass is 9.99. The van der Waals surface area contributed by atoms with Gasteiger partial charge in [0.2, 0.25) is 22.1 Å². The summed E-state index contributed by atoms with van der Waals surface area (Å²) in [5, 5.41) is 12.0. The maximum Gasteiger partial charge on any atom is 0.345 e. The molecule has 18 heteroatoms. The van der Waals surface area contributed by atoms with Crippen molar-refractivity contribution in [1.82, 2.24) is 0 Å². The lowest BCUT2D eigenvalue weighted by molar-refractivity contribution is -0.646. The van der Waals surface area contributed by atoms with Gasteiger partial charge in [-0.25, -0.2) is 36.0 Å². The van der Waals surface area contributed by atoms with Crippen LogP contribution in [0.4, 0.5) is 0 Å². The van der Waals surface area contributed by atoms with E-state index in [9.17, 15) is 50.2 Å². The van der Waals surface area contributed by atoms with Crippen molar-refractivity contribution in [3.05, 3.63) is 272 Å². The number of pyridine rings is 2. The standard InChI is InChI=1S/C43H39NO7S.C36H33NO7S/c1-29-15-17-32(18-16-29)19-20-33-21-22-37-39(27-33)44(23-9-10-24-52(47,48)49)38-14-8-7-13-36(38)40(37)43(46)51-41-30(2)25-35(26-31(41)3)42(45)50-28-34-11-5-4-6-12-34;1-23-10-12-26(13-11-23)14-15-27-16-17-30-32(22-27)37(18-6-7-19-45(41,42)43)31-9-5-4-8-29(31)33(30)36(40)44-34-24(2)20-28(35(38)39)21-25(34)3/h4-8,11-22,25-27H,9-10,23-24,28H2,1-3H3;4-5,8-17,20-22H,6-7,18-19H2,1-3H3,(H-,38,39,41,42,43)/b20-19+;15-14+. The first kappa shape index (κ1) is 69.3. The lowest BCUT2D eigenvalue weighted by Crippen LogP contribution is -2.37. The molecule has 0 aliphatic heterocycles. The Bertz CT molecular complexity index is 5100. The summed E-state index contributed by atoms with van der Waals surface area (Å²) in [5.74, 6) is -2.91. The monoisotopic (exact) mass is 1340 g/mol. The highest BCUT2D eigenvalue weighted by molar-refractivity contribution is 7.85. The summed E-state index contributed by atoms with van der Waals surface area (Å²) in [6.45, 7) is 12.0. The van der Waals surface area contributed by atoms with E-state index < -0.39 is 55.6 Å². The summed E-state index contributed by atoms with van der Waals surface area (Å²) < 4.78 is 89.5. The molecule has 0 amide bonds. The topological polar surface area (TPSA) is 238 Å². The van der Waals surface area contributed by atoms with Crippen molar-refractivity contribution in [2.24, 2.45) is 0 Å². The molecule has 11 aromatic rings. The van der Waals surface area contributed by atoms with Gasteiger partial charge in [0.25, 0.3) is 0 Å². The van der Waals surface area contributed by atoms with Crippen LogP contribution in [-0.4, -0.2) is 66.4 Å². The van der Waals surface area contributed by atoms with Crippen molar-refractivity contribution in [2.75, 3.05) is 11.5 Å². The summed E-state index contributed by atoms with van der Waals surface area (Å²) in [6.07, 6.45) is 9.31. The van der Waals surface area contributed by atoms with Crippen LogP contribution in [0.5, 0.6) is 11.5 Å². The van der Waals surface area contributed by atoms with Crippen LogP contribution < -0.4 is 18.6 Å². The minimum atomic E-state index is -4.34. The molecule has 2 heterocycles. The summed E-state index contributed by atoms with van der Waals surface area (Å²) in [4.78, 5) is 52.8. The Morgan fingerprint density at radius 1 is 0.412 bits per heavy atom. The van der Waals surface area contributed by atoms with Crippen molar-refractivity contribution in [1.29, 1.82) is 0 Å². The number of carboxylic acids is 1. The molecule has 0 spiro atoms. The van der Waals surface area contributed by atoms with E-state index in [0.717, 1.165) is 55.4 Å². The number of hydrogen-bond donors (Lipinski definition) is 1. The SMILES string of the molecule is Cc1ccc(/C=C/c2ccc3c(C(=O)Oc4c(C)cc(C(=O)O)cc4C)c4ccccc4[n+](CCCCS(=O)(=O)[O-])c3c2)cc1.Cc1ccc(/C=C/c2ccc3c(C(=O)Oc4c(C)cc(C(=O)OCc5ccccc5)cc4C)c4ccccc4[n+](CCCCS(=O)(=O)[O-])c3c2)cc1. The van der Waals surface area contributed by atoms with E-state index in [1.54, 1.807) is 39.8 Å². The Balaban J connectivity index is 0.000000213. The molecule has 0 saturated carbocycles. The Kier molecular flexibility index (Phi) is 21.8. The first-order valence-corrected chi connectivity index (χ1v) is 34.8. The number of hydrogen-bond acceptors (Lipinski definition) is 13. The first-order valence-electron chi connectivity index (χ1n) is 31.6. The van der Waals surface area contributed by atoms with Crippen LogP contribution in [0.15, 0.2) is 188 Å². The van der Waals surface area contributed by atoms with Gasteiger partial charge in [-0.2, -0.15) is 9.13 Å². The van der Waals surface area contributed by atoms with Gasteiger partial charge in [0.1, 0.15) is 31.2 Å². The number of nitrogens with zero attached hydrogens (tertiary/aromatic N) is 2. The molecule has 0 fully saturated rings. The predicted octanol–water partition coefficient (Wildman–Crippen LogP) is 14.9. The fourth-order valence-corrected chi connectivity index (χ4v) is 13.0. The molecular weight excluding hydrogens is 1270 g/mol. The molecule has 0 radical (unpaired) electrons. The van der Waals surface area contributed by atoms with Crippen LogP contribution in [0.1, 0.15) is 128 Å². The molecule has 494 valence electrons. The molecule has 11 rings (SSSR count). The number of fused-ring (bicyclic) bond motifs is 4. The molecular formula is C79H72N2O14S2. The van der Waals surface area contributed by atoms with Gasteiger partial charge in [0.05, 0.1) is 64.0 Å². The van der Waals surface area contributed by atoms with Gasteiger partial charge in [-0.3, -0.25) is 0 Å². The number of aromatic nitrogens is 2. The molecule has 0 aliphatic carbocycles. The van der Waals surface area contributed by atoms with E-state index in [1.807, 2.05) is 194 Å². The Hall–Kier alpha value is -10.5. The summed E-state index contributed by atoms with van der Waals surface area (Å²) in [5.41, 5.74) is 13.6. The number of carbonyl (C=O) groups is 4. The van der Waals surface area contributed by atoms with E-state index in [2.05, 4.69) is 16.7 Å². The van der Waals surface area contributed by atoms with Crippen LogP contribution in [-0.2, 0) is 44.7 Å². The summed E-state index contributed by atoms with van der Waals surface area (Å²) in [6, 6.07) is 58.6. The van der Waals surface area contributed by atoms with Crippen LogP contribution in [0.2, 0.25) is 0 Å². The second-order valence-electron chi connectivity index (χ2n) is 24.1. The molecule has 0 aliphatic rings. The molecule has 1 N–H and O–H groups in total. The van der Waals surface area contributed by atoms with Crippen LogP contribution in [0.3, 0.4) is 0 Å². The maximum atomic E-state index is 14.3. The van der Waals surface area contributed by atoms with E-state index in [1.165, 1.54) is 17.7 Å². The van der Waals surface area contributed by atoms with Gasteiger partial charge in [0, 0.05) is 48.6 Å². The van der Waals surface area contributed by atoms with Crippen LogP contribution >= 0.6 is 0 Å². The fraction of sp³-hybridized carbons (Fsp3) is 0.190.